The van der Waals surface area contributed by atoms with Crippen LogP contribution in [0.3, 0.4) is 0 Å². The van der Waals surface area contributed by atoms with E-state index in [9.17, 15) is 9.59 Å². The number of nitriles is 1. The van der Waals surface area contributed by atoms with Crippen molar-refractivity contribution < 1.29 is 14.3 Å². The smallest absolute Gasteiger partial charge is 0.254 e. The first kappa shape index (κ1) is 17.4. The topological polar surface area (TPSA) is 95.3 Å². The van der Waals surface area contributed by atoms with Gasteiger partial charge in [0.05, 0.1) is 24.4 Å². The molecule has 1 aromatic heterocycles. The third kappa shape index (κ3) is 3.64. The molecule has 1 aliphatic heterocycles. The molecule has 0 bridgehead atoms. The number of carbonyl (C=O) groups is 2. The first-order valence-corrected chi connectivity index (χ1v) is 8.21. The van der Waals surface area contributed by atoms with Crippen LogP contribution in [-0.4, -0.2) is 47.4 Å². The molecular formula is C19H18N4O3. The quantitative estimate of drug-likeness (QED) is 0.898. The predicted molar refractivity (Wildman–Crippen MR) is 93.3 cm³/mol. The second-order valence-electron chi connectivity index (χ2n) is 5.94. The Hall–Kier alpha value is -3.40. The van der Waals surface area contributed by atoms with Crippen molar-refractivity contribution in [3.05, 3.63) is 59.9 Å². The molecule has 1 fully saturated rings. The van der Waals surface area contributed by atoms with Crippen molar-refractivity contribution in [3.63, 3.8) is 0 Å². The third-order valence-corrected chi connectivity index (χ3v) is 4.25. The average molecular weight is 350 g/mol. The fourth-order valence-corrected chi connectivity index (χ4v) is 3.02. The van der Waals surface area contributed by atoms with Gasteiger partial charge < -0.3 is 15.0 Å². The van der Waals surface area contributed by atoms with Crippen LogP contribution in [0.15, 0.2) is 48.8 Å². The summed E-state index contributed by atoms with van der Waals surface area (Å²) in [4.78, 5) is 30.7. The van der Waals surface area contributed by atoms with Crippen LogP contribution in [0.2, 0.25) is 0 Å². The van der Waals surface area contributed by atoms with Gasteiger partial charge in [0.15, 0.2) is 0 Å². The molecule has 132 valence electrons. The molecule has 0 radical (unpaired) electrons. The molecule has 1 aliphatic rings. The van der Waals surface area contributed by atoms with Crippen LogP contribution in [0.5, 0.6) is 5.75 Å². The largest absolute Gasteiger partial charge is 0.487 e. The zero-order chi connectivity index (χ0) is 18.5. The highest BCUT2D eigenvalue weighted by Gasteiger charge is 2.40. The van der Waals surface area contributed by atoms with Crippen molar-refractivity contribution in [2.45, 2.75) is 18.6 Å². The molecule has 0 aliphatic carbocycles. The second-order valence-corrected chi connectivity index (χ2v) is 5.94. The molecule has 2 atom stereocenters. The molecular weight excluding hydrogens is 332 g/mol. The number of likely N-dealkylation sites (tertiary alicyclic amines) is 1. The highest BCUT2D eigenvalue weighted by molar-refractivity contribution is 5.98. The van der Waals surface area contributed by atoms with E-state index in [0.29, 0.717) is 23.3 Å². The fraction of sp³-hybridized carbons (Fsp3) is 0.263. The number of aromatic nitrogens is 1. The van der Waals surface area contributed by atoms with Crippen molar-refractivity contribution in [2.75, 3.05) is 13.6 Å². The summed E-state index contributed by atoms with van der Waals surface area (Å²) in [5.41, 5.74) is 0.773. The molecule has 0 unspecified atom stereocenters. The van der Waals surface area contributed by atoms with Gasteiger partial charge >= 0.3 is 0 Å². The van der Waals surface area contributed by atoms with Gasteiger partial charge in [-0.3, -0.25) is 14.6 Å². The van der Waals surface area contributed by atoms with Crippen molar-refractivity contribution in [1.82, 2.24) is 15.2 Å². The molecule has 26 heavy (non-hydrogen) atoms. The number of ether oxygens (including phenoxy) is 1. The lowest BCUT2D eigenvalue weighted by Gasteiger charge is -2.23. The van der Waals surface area contributed by atoms with Crippen molar-refractivity contribution in [1.29, 1.82) is 5.26 Å². The Bertz CT molecular complexity index is 847. The molecule has 1 N–H and O–H groups in total. The molecule has 2 heterocycles. The lowest BCUT2D eigenvalue weighted by molar-refractivity contribution is -0.124. The Morgan fingerprint density at radius 3 is 2.88 bits per heavy atom. The van der Waals surface area contributed by atoms with Gasteiger partial charge in [-0.1, -0.05) is 6.07 Å². The molecule has 3 rings (SSSR count). The minimum atomic E-state index is -0.625. The molecule has 2 amide bonds. The van der Waals surface area contributed by atoms with Crippen LogP contribution in [-0.2, 0) is 4.79 Å². The first-order valence-electron chi connectivity index (χ1n) is 8.21. The normalized spacial score (nSPS) is 18.8. The number of benzene rings is 1. The minimum absolute atomic E-state index is 0.243. The van der Waals surface area contributed by atoms with Crippen molar-refractivity contribution >= 4 is 11.8 Å². The summed E-state index contributed by atoms with van der Waals surface area (Å²) < 4.78 is 5.87. The number of hydrogen-bond acceptors (Lipinski definition) is 5. The van der Waals surface area contributed by atoms with Crippen LogP contribution in [0, 0.1) is 11.3 Å². The number of nitrogens with zero attached hydrogens (tertiary/aromatic N) is 3. The van der Waals surface area contributed by atoms with Crippen LogP contribution in [0.1, 0.15) is 22.3 Å². The minimum Gasteiger partial charge on any atom is -0.487 e. The van der Waals surface area contributed by atoms with Gasteiger partial charge in [-0.25, -0.2) is 0 Å². The van der Waals surface area contributed by atoms with E-state index in [4.69, 9.17) is 10.00 Å². The molecule has 7 heteroatoms. The number of amides is 2. The summed E-state index contributed by atoms with van der Waals surface area (Å²) in [6.07, 6.45) is 3.31. The second kappa shape index (κ2) is 7.66. The highest BCUT2D eigenvalue weighted by Crippen LogP contribution is 2.25. The summed E-state index contributed by atoms with van der Waals surface area (Å²) in [5, 5.41) is 11.6. The van der Waals surface area contributed by atoms with Gasteiger partial charge in [-0.15, -0.1) is 0 Å². The zero-order valence-electron chi connectivity index (χ0n) is 14.3. The van der Waals surface area contributed by atoms with E-state index in [1.807, 2.05) is 6.07 Å². The van der Waals surface area contributed by atoms with E-state index >= 15 is 0 Å². The Morgan fingerprint density at radius 1 is 1.35 bits per heavy atom. The average Bonchev–Trinajstić information content (AvgIpc) is 3.11. The Morgan fingerprint density at radius 2 is 2.19 bits per heavy atom. The van der Waals surface area contributed by atoms with Crippen LogP contribution < -0.4 is 10.1 Å². The Labute approximate surface area is 151 Å². The molecule has 0 spiro atoms. The summed E-state index contributed by atoms with van der Waals surface area (Å²) >= 11 is 0. The molecule has 0 saturated carbocycles. The van der Waals surface area contributed by atoms with Crippen LogP contribution >= 0.6 is 0 Å². The maximum absolute atomic E-state index is 12.9. The highest BCUT2D eigenvalue weighted by atomic mass is 16.5. The molecule has 2 aromatic rings. The summed E-state index contributed by atoms with van der Waals surface area (Å²) in [5.74, 6) is 0.0500. The predicted octanol–water partition coefficient (Wildman–Crippen LogP) is 1.36. The lowest BCUT2D eigenvalue weighted by atomic mass is 10.1. The van der Waals surface area contributed by atoms with E-state index in [2.05, 4.69) is 10.3 Å². The van der Waals surface area contributed by atoms with E-state index in [-0.39, 0.29) is 24.5 Å². The van der Waals surface area contributed by atoms with E-state index in [1.54, 1.807) is 42.7 Å². The Kier molecular flexibility index (Phi) is 5.13. The van der Waals surface area contributed by atoms with Gasteiger partial charge in [0.2, 0.25) is 5.91 Å². The van der Waals surface area contributed by atoms with E-state index in [0.717, 1.165) is 0 Å². The lowest BCUT2D eigenvalue weighted by Crippen LogP contribution is -2.45. The summed E-state index contributed by atoms with van der Waals surface area (Å²) in [7, 11) is 1.54. The van der Waals surface area contributed by atoms with Crippen molar-refractivity contribution in [3.8, 4) is 11.8 Å². The monoisotopic (exact) mass is 350 g/mol. The number of rotatable bonds is 4. The number of likely N-dealkylation sites (N-methyl/N-ethyl adjacent to an activating group) is 1. The number of nitrogens with one attached hydrogen (secondary N) is 1. The maximum atomic E-state index is 12.9. The molecule has 7 nitrogen and oxygen atoms in total. The van der Waals surface area contributed by atoms with Gasteiger partial charge in [0, 0.05) is 25.2 Å². The van der Waals surface area contributed by atoms with Gasteiger partial charge in [0.25, 0.3) is 5.91 Å². The SMILES string of the molecule is CNC(=O)[C@@H]1C[C@H](Oc2cccnc2)CN1C(=O)c1cccc(C#N)c1. The van der Waals surface area contributed by atoms with Gasteiger partial charge in [-0.2, -0.15) is 5.26 Å². The molecule has 1 aromatic carbocycles. The van der Waals surface area contributed by atoms with Crippen molar-refractivity contribution in [2.24, 2.45) is 0 Å². The standard InChI is InChI=1S/C19H18N4O3/c1-21-18(24)17-9-16(26-15-6-3-7-22-11-15)12-23(17)19(25)14-5-2-4-13(8-14)10-20/h2-8,11,16-17H,9,12H2,1H3,(H,21,24)/t16-,17-/m0/s1. The van der Waals surface area contributed by atoms with E-state index < -0.39 is 6.04 Å². The van der Waals surface area contributed by atoms with Gasteiger partial charge in [0.1, 0.15) is 17.9 Å². The van der Waals surface area contributed by atoms with Crippen LogP contribution in [0.4, 0.5) is 0 Å². The molecule has 1 saturated heterocycles. The number of hydrogen-bond donors (Lipinski definition) is 1. The number of pyridine rings is 1. The van der Waals surface area contributed by atoms with E-state index in [1.165, 1.54) is 18.0 Å². The zero-order valence-corrected chi connectivity index (χ0v) is 14.3. The Balaban J connectivity index is 1.82. The maximum Gasteiger partial charge on any atom is 0.254 e. The summed E-state index contributed by atoms with van der Waals surface area (Å²) in [6, 6.07) is 11.4. The third-order valence-electron chi connectivity index (χ3n) is 4.25. The summed E-state index contributed by atoms with van der Waals surface area (Å²) in [6.45, 7) is 0.280. The van der Waals surface area contributed by atoms with Crippen LogP contribution in [0.25, 0.3) is 0 Å². The first-order chi connectivity index (χ1) is 12.6. The number of carbonyl (C=O) groups excluding carboxylic acids is 2. The fourth-order valence-electron chi connectivity index (χ4n) is 3.02. The van der Waals surface area contributed by atoms with Gasteiger partial charge in [-0.05, 0) is 30.3 Å².